The Morgan fingerprint density at radius 1 is 1.20 bits per heavy atom. The van der Waals surface area contributed by atoms with Gasteiger partial charge < -0.3 is 29.2 Å². The van der Waals surface area contributed by atoms with E-state index >= 15 is 0 Å². The molecule has 0 aromatic rings. The van der Waals surface area contributed by atoms with Crippen LogP contribution in [0.5, 0.6) is 0 Å². The zero-order valence-electron chi connectivity index (χ0n) is 9.12. The second-order valence-corrected chi connectivity index (χ2v) is 3.41. The van der Waals surface area contributed by atoms with Crippen molar-refractivity contribution < 1.29 is 29.2 Å². The Morgan fingerprint density at radius 2 is 1.80 bits per heavy atom. The van der Waals surface area contributed by atoms with Gasteiger partial charge in [-0.2, -0.15) is 0 Å². The van der Waals surface area contributed by atoms with E-state index in [4.69, 9.17) is 18.9 Å². The molecule has 0 amide bonds. The van der Waals surface area contributed by atoms with E-state index in [1.165, 1.54) is 21.3 Å². The molecule has 0 aromatic heterocycles. The number of aliphatic hydroxyl groups excluding tert-OH is 2. The molecule has 0 spiro atoms. The van der Waals surface area contributed by atoms with Crippen molar-refractivity contribution in [3.8, 4) is 0 Å². The summed E-state index contributed by atoms with van der Waals surface area (Å²) in [5.41, 5.74) is 0. The summed E-state index contributed by atoms with van der Waals surface area (Å²) < 4.78 is 20.1. The van der Waals surface area contributed by atoms with Crippen molar-refractivity contribution in [2.45, 2.75) is 30.7 Å². The predicted molar refractivity (Wildman–Crippen MR) is 50.4 cm³/mol. The molecule has 1 fully saturated rings. The van der Waals surface area contributed by atoms with Gasteiger partial charge in [-0.15, -0.1) is 0 Å². The highest BCUT2D eigenvalue weighted by molar-refractivity contribution is 4.92. The largest absolute Gasteiger partial charge is 0.388 e. The molecule has 1 saturated heterocycles. The van der Waals surface area contributed by atoms with Crippen LogP contribution < -0.4 is 0 Å². The molecular formula is C9H18O6. The molecule has 2 N–H and O–H groups in total. The smallest absolute Gasteiger partial charge is 0.184 e. The molecule has 0 aromatic carbocycles. The maximum absolute atomic E-state index is 9.68. The first-order valence-electron chi connectivity index (χ1n) is 4.71. The van der Waals surface area contributed by atoms with E-state index < -0.39 is 30.7 Å². The summed E-state index contributed by atoms with van der Waals surface area (Å²) in [5.74, 6) is 0. The summed E-state index contributed by atoms with van der Waals surface area (Å²) in [4.78, 5) is 0. The van der Waals surface area contributed by atoms with E-state index in [9.17, 15) is 10.2 Å². The van der Waals surface area contributed by atoms with Gasteiger partial charge in [0.15, 0.2) is 6.29 Å². The molecule has 0 aliphatic carbocycles. The second-order valence-electron chi connectivity index (χ2n) is 3.41. The molecule has 1 aliphatic heterocycles. The van der Waals surface area contributed by atoms with Gasteiger partial charge in [0.25, 0.3) is 0 Å². The quantitative estimate of drug-likeness (QED) is 0.604. The molecule has 0 saturated carbocycles. The first kappa shape index (κ1) is 12.8. The molecule has 0 radical (unpaired) electrons. The first-order chi connectivity index (χ1) is 7.15. The zero-order valence-corrected chi connectivity index (χ0v) is 9.12. The number of rotatable bonds is 5. The Bertz CT molecular complexity index is 187. The first-order valence-corrected chi connectivity index (χ1v) is 4.71. The van der Waals surface area contributed by atoms with E-state index in [2.05, 4.69) is 0 Å². The van der Waals surface area contributed by atoms with E-state index in [0.717, 1.165) is 0 Å². The van der Waals surface area contributed by atoms with Gasteiger partial charge in [0.2, 0.25) is 0 Å². The molecule has 90 valence electrons. The van der Waals surface area contributed by atoms with Crippen molar-refractivity contribution in [1.82, 2.24) is 0 Å². The van der Waals surface area contributed by atoms with Crippen LogP contribution >= 0.6 is 0 Å². The van der Waals surface area contributed by atoms with Crippen LogP contribution in [0.1, 0.15) is 0 Å². The maximum Gasteiger partial charge on any atom is 0.184 e. The number of ether oxygens (including phenoxy) is 4. The van der Waals surface area contributed by atoms with E-state index in [1.54, 1.807) is 0 Å². The monoisotopic (exact) mass is 222 g/mol. The van der Waals surface area contributed by atoms with Crippen molar-refractivity contribution in [2.24, 2.45) is 0 Å². The van der Waals surface area contributed by atoms with Crippen LogP contribution in [0.2, 0.25) is 0 Å². The molecule has 1 rings (SSSR count). The van der Waals surface area contributed by atoms with Gasteiger partial charge in [-0.3, -0.25) is 0 Å². The van der Waals surface area contributed by atoms with Gasteiger partial charge in [0, 0.05) is 21.3 Å². The standard InChI is InChI=1S/C9H18O6/c1-12-4-5(10)6-7(13-2)8(14-3)9(11)15-6/h5-11H,4H2,1-3H3/t5-,6-,7+,8-,9-/m1/s1. The van der Waals surface area contributed by atoms with E-state index in [-0.39, 0.29) is 6.61 Å². The van der Waals surface area contributed by atoms with Gasteiger partial charge >= 0.3 is 0 Å². The van der Waals surface area contributed by atoms with Crippen LogP contribution in [0.15, 0.2) is 0 Å². The minimum absolute atomic E-state index is 0.119. The molecule has 0 bridgehead atoms. The summed E-state index contributed by atoms with van der Waals surface area (Å²) in [5, 5.41) is 19.2. The van der Waals surface area contributed by atoms with E-state index in [1.807, 2.05) is 0 Å². The lowest BCUT2D eigenvalue weighted by molar-refractivity contribution is -0.155. The maximum atomic E-state index is 9.68. The second kappa shape index (κ2) is 5.74. The van der Waals surface area contributed by atoms with Crippen molar-refractivity contribution in [3.63, 3.8) is 0 Å². The number of hydrogen-bond donors (Lipinski definition) is 2. The highest BCUT2D eigenvalue weighted by Gasteiger charge is 2.47. The molecule has 15 heavy (non-hydrogen) atoms. The normalized spacial score (nSPS) is 38.2. The molecule has 5 atom stereocenters. The fraction of sp³-hybridized carbons (Fsp3) is 1.00. The Balaban J connectivity index is 2.65. The summed E-state index contributed by atoms with van der Waals surface area (Å²) in [6, 6.07) is 0. The minimum Gasteiger partial charge on any atom is -0.388 e. The van der Waals surface area contributed by atoms with Crippen molar-refractivity contribution in [2.75, 3.05) is 27.9 Å². The van der Waals surface area contributed by atoms with E-state index in [0.29, 0.717) is 0 Å². The summed E-state index contributed by atoms with van der Waals surface area (Å²) >= 11 is 0. The van der Waals surface area contributed by atoms with Crippen LogP contribution in [0.25, 0.3) is 0 Å². The lowest BCUT2D eigenvalue weighted by Gasteiger charge is -2.23. The Kier molecular flexibility index (Phi) is 4.91. The molecule has 1 aliphatic rings. The van der Waals surface area contributed by atoms with Gasteiger partial charge in [-0.05, 0) is 0 Å². The molecule has 6 heteroatoms. The fourth-order valence-electron chi connectivity index (χ4n) is 1.76. The SMILES string of the molecule is COC[C@@H](O)[C@H]1O[C@@H](O)[C@H](OC)[C@H]1OC. The molecular weight excluding hydrogens is 204 g/mol. The highest BCUT2D eigenvalue weighted by atomic mass is 16.7. The summed E-state index contributed by atoms with van der Waals surface area (Å²) in [7, 11) is 4.41. The molecule has 0 unspecified atom stereocenters. The van der Waals surface area contributed by atoms with Crippen molar-refractivity contribution in [3.05, 3.63) is 0 Å². The van der Waals surface area contributed by atoms with Crippen LogP contribution in [-0.4, -0.2) is 68.9 Å². The van der Waals surface area contributed by atoms with Crippen molar-refractivity contribution in [1.29, 1.82) is 0 Å². The number of hydrogen-bond acceptors (Lipinski definition) is 6. The average molecular weight is 222 g/mol. The van der Waals surface area contributed by atoms with Crippen molar-refractivity contribution >= 4 is 0 Å². The molecule has 6 nitrogen and oxygen atoms in total. The summed E-state index contributed by atoms with van der Waals surface area (Å²) in [6.07, 6.45) is -3.68. The van der Waals surface area contributed by atoms with Gasteiger partial charge in [0.1, 0.15) is 24.4 Å². The van der Waals surface area contributed by atoms with Crippen LogP contribution in [0.4, 0.5) is 0 Å². The fourth-order valence-corrected chi connectivity index (χ4v) is 1.76. The number of aliphatic hydroxyl groups is 2. The third kappa shape index (κ3) is 2.66. The number of methoxy groups -OCH3 is 3. The Hall–Kier alpha value is -0.240. The van der Waals surface area contributed by atoms with Gasteiger partial charge in [-0.25, -0.2) is 0 Å². The zero-order chi connectivity index (χ0) is 11.4. The molecule has 1 heterocycles. The highest BCUT2D eigenvalue weighted by Crippen LogP contribution is 2.26. The topological polar surface area (TPSA) is 77.4 Å². The Morgan fingerprint density at radius 3 is 2.27 bits per heavy atom. The van der Waals surface area contributed by atoms with Gasteiger partial charge in [0.05, 0.1) is 6.61 Å². The lowest BCUT2D eigenvalue weighted by Crippen LogP contribution is -2.42. The van der Waals surface area contributed by atoms with Gasteiger partial charge in [-0.1, -0.05) is 0 Å². The third-order valence-corrected chi connectivity index (χ3v) is 2.49. The average Bonchev–Trinajstić information content (AvgIpc) is 2.54. The third-order valence-electron chi connectivity index (χ3n) is 2.49. The Labute approximate surface area is 88.7 Å². The predicted octanol–water partition coefficient (Wildman–Crippen LogP) is -1.26. The summed E-state index contributed by atoms with van der Waals surface area (Å²) in [6.45, 7) is 0.119. The van der Waals surface area contributed by atoms with Crippen LogP contribution in [0.3, 0.4) is 0 Å². The lowest BCUT2D eigenvalue weighted by atomic mass is 10.1. The van der Waals surface area contributed by atoms with Crippen LogP contribution in [-0.2, 0) is 18.9 Å². The minimum atomic E-state index is -1.09. The van der Waals surface area contributed by atoms with Crippen LogP contribution in [0, 0.1) is 0 Å².